The molecule has 0 spiro atoms. The maximum absolute atomic E-state index is 9.08. The Bertz CT molecular complexity index is 76.1. The first kappa shape index (κ1) is 6.47. The maximum atomic E-state index is 9.08. The van der Waals surface area contributed by atoms with Gasteiger partial charge in [0.05, 0.1) is 0 Å². The summed E-state index contributed by atoms with van der Waals surface area (Å²) in [6.45, 7) is 0. The summed E-state index contributed by atoms with van der Waals surface area (Å²) in [6.07, 6.45) is 2.24. The van der Waals surface area contributed by atoms with E-state index in [1.54, 1.807) is 0 Å². The van der Waals surface area contributed by atoms with Crippen molar-refractivity contribution in [1.29, 1.82) is 0 Å². The molecule has 1 aliphatic rings. The summed E-state index contributed by atoms with van der Waals surface area (Å²) in [7, 11) is -2.08. The fraction of sp³-hybridized carbons (Fsp3) is 1.00. The second-order valence-corrected chi connectivity index (χ2v) is 8.65. The van der Waals surface area contributed by atoms with Gasteiger partial charge in [0, 0.05) is 0 Å². The first-order chi connectivity index (χ1) is 3.71. The molecule has 1 fully saturated rings. The minimum atomic E-state index is -2.56. The van der Waals surface area contributed by atoms with Gasteiger partial charge in [0.15, 0.2) is 0 Å². The van der Waals surface area contributed by atoms with E-state index in [9.17, 15) is 0 Å². The third-order valence-electron chi connectivity index (χ3n) is 1.36. The topological polar surface area (TPSA) is 40.5 Å². The van der Waals surface area contributed by atoms with E-state index in [2.05, 4.69) is 0 Å². The lowest BCUT2D eigenvalue weighted by atomic mass is 10.4. The molecule has 2 nitrogen and oxygen atoms in total. The molecular formula is C4H10O2Si2. The highest BCUT2D eigenvalue weighted by atomic mass is 29.2. The average Bonchev–Trinajstić information content (AvgIpc) is 1.65. The molecule has 8 heavy (non-hydrogen) atoms. The van der Waals surface area contributed by atoms with Crippen LogP contribution in [0.25, 0.3) is 0 Å². The lowest BCUT2D eigenvalue weighted by Crippen LogP contribution is -2.44. The number of rotatable bonds is 0. The largest absolute Gasteiger partial charge is 0.413 e. The Kier molecular flexibility index (Phi) is 1.86. The van der Waals surface area contributed by atoms with Crippen LogP contribution in [-0.4, -0.2) is 26.7 Å². The normalized spacial score (nSPS) is 27.8. The summed E-state index contributed by atoms with van der Waals surface area (Å²) in [5, 5.41) is 0. The Balaban J connectivity index is 2.33. The quantitative estimate of drug-likeness (QED) is 0.466. The van der Waals surface area contributed by atoms with Crippen molar-refractivity contribution in [3.05, 3.63) is 0 Å². The molecule has 0 atom stereocenters. The van der Waals surface area contributed by atoms with Crippen molar-refractivity contribution in [3.8, 4) is 0 Å². The van der Waals surface area contributed by atoms with Crippen molar-refractivity contribution < 1.29 is 9.59 Å². The van der Waals surface area contributed by atoms with E-state index >= 15 is 0 Å². The van der Waals surface area contributed by atoms with E-state index in [4.69, 9.17) is 9.59 Å². The zero-order valence-electron chi connectivity index (χ0n) is 4.72. The summed E-state index contributed by atoms with van der Waals surface area (Å²) in [6, 6.07) is 1.77. The SMILES string of the molecule is O[Si]1(O)CCCC[Si]1. The van der Waals surface area contributed by atoms with E-state index < -0.39 is 8.08 Å². The van der Waals surface area contributed by atoms with E-state index in [1.165, 1.54) is 6.42 Å². The van der Waals surface area contributed by atoms with Crippen LogP contribution >= 0.6 is 0 Å². The van der Waals surface area contributed by atoms with Gasteiger partial charge in [-0.1, -0.05) is 18.9 Å². The molecule has 0 aromatic rings. The van der Waals surface area contributed by atoms with Crippen molar-refractivity contribution in [3.63, 3.8) is 0 Å². The second kappa shape index (κ2) is 2.30. The molecule has 0 amide bonds. The van der Waals surface area contributed by atoms with Gasteiger partial charge in [-0.3, -0.25) is 0 Å². The van der Waals surface area contributed by atoms with Gasteiger partial charge in [0.1, 0.15) is 9.04 Å². The van der Waals surface area contributed by atoms with Gasteiger partial charge in [0.25, 0.3) is 0 Å². The molecule has 2 radical (unpaired) electrons. The Hall–Kier alpha value is 0.354. The Labute approximate surface area is 52.4 Å². The van der Waals surface area contributed by atoms with Crippen molar-refractivity contribution in [2.75, 3.05) is 0 Å². The molecule has 0 bridgehead atoms. The number of hydrogen-bond acceptors (Lipinski definition) is 2. The van der Waals surface area contributed by atoms with E-state index in [1.807, 2.05) is 0 Å². The molecule has 1 heterocycles. The number of hydrogen-bond donors (Lipinski definition) is 2. The second-order valence-electron chi connectivity index (χ2n) is 2.20. The standard InChI is InChI=1S/C4H10O2Si2/c5-8(6)4-2-1-3-7-8/h5-6H,1-4H2. The van der Waals surface area contributed by atoms with Crippen LogP contribution < -0.4 is 0 Å². The van der Waals surface area contributed by atoms with Crippen LogP contribution in [0.15, 0.2) is 0 Å². The third-order valence-corrected chi connectivity index (χ3v) is 6.78. The van der Waals surface area contributed by atoms with E-state index in [0.717, 1.165) is 12.5 Å². The minimum absolute atomic E-state index is 0.478. The molecule has 0 unspecified atom stereocenters. The van der Waals surface area contributed by atoms with E-state index in [-0.39, 0.29) is 0 Å². The predicted octanol–water partition coefficient (Wildman–Crippen LogP) is -0.174. The first-order valence-corrected chi connectivity index (χ1v) is 7.21. The van der Waals surface area contributed by atoms with Crippen LogP contribution in [-0.2, 0) is 0 Å². The van der Waals surface area contributed by atoms with Crippen LogP contribution in [0.5, 0.6) is 0 Å². The third kappa shape index (κ3) is 1.70. The smallest absolute Gasteiger partial charge is 0.305 e. The fourth-order valence-corrected chi connectivity index (χ4v) is 5.41. The van der Waals surface area contributed by atoms with Gasteiger partial charge in [-0.25, -0.2) is 0 Å². The summed E-state index contributed by atoms with van der Waals surface area (Å²) in [5.41, 5.74) is 0. The lowest BCUT2D eigenvalue weighted by molar-refractivity contribution is 0.382. The highest BCUT2D eigenvalue weighted by molar-refractivity contribution is 7.16. The van der Waals surface area contributed by atoms with Crippen LogP contribution in [0, 0.1) is 0 Å². The average molecular weight is 146 g/mol. The van der Waals surface area contributed by atoms with Crippen LogP contribution in [0.3, 0.4) is 0 Å². The van der Waals surface area contributed by atoms with Crippen molar-refractivity contribution >= 4 is 17.1 Å². The van der Waals surface area contributed by atoms with Crippen molar-refractivity contribution in [1.82, 2.24) is 0 Å². The Morgan fingerprint density at radius 1 is 1.25 bits per heavy atom. The van der Waals surface area contributed by atoms with Gasteiger partial charge in [-0.2, -0.15) is 0 Å². The Morgan fingerprint density at radius 3 is 2.25 bits per heavy atom. The van der Waals surface area contributed by atoms with Crippen LogP contribution in [0.2, 0.25) is 12.1 Å². The molecule has 4 heteroatoms. The first-order valence-electron chi connectivity index (χ1n) is 2.90. The van der Waals surface area contributed by atoms with Gasteiger partial charge >= 0.3 is 8.08 Å². The van der Waals surface area contributed by atoms with E-state index in [0.29, 0.717) is 15.1 Å². The molecule has 0 aliphatic carbocycles. The zero-order valence-corrected chi connectivity index (χ0v) is 6.72. The summed E-state index contributed by atoms with van der Waals surface area (Å²) in [4.78, 5) is 18.2. The molecule has 0 saturated carbocycles. The highest BCUT2D eigenvalue weighted by Crippen LogP contribution is 2.16. The van der Waals surface area contributed by atoms with Crippen molar-refractivity contribution in [2.24, 2.45) is 0 Å². The summed E-state index contributed by atoms with van der Waals surface area (Å²) >= 11 is 0. The van der Waals surface area contributed by atoms with Gasteiger partial charge in [-0.15, -0.1) is 0 Å². The molecule has 1 rings (SSSR count). The predicted molar refractivity (Wildman–Crippen MR) is 34.8 cm³/mol. The fourth-order valence-electron chi connectivity index (χ4n) is 0.873. The maximum Gasteiger partial charge on any atom is 0.305 e. The molecular weight excluding hydrogens is 136 g/mol. The molecule has 1 saturated heterocycles. The minimum Gasteiger partial charge on any atom is -0.413 e. The Morgan fingerprint density at radius 2 is 2.00 bits per heavy atom. The lowest BCUT2D eigenvalue weighted by Gasteiger charge is -2.21. The summed E-state index contributed by atoms with van der Waals surface area (Å²) < 4.78 is 0. The van der Waals surface area contributed by atoms with Crippen LogP contribution in [0.1, 0.15) is 12.8 Å². The molecule has 0 aromatic heterocycles. The molecule has 46 valence electrons. The van der Waals surface area contributed by atoms with Gasteiger partial charge in [0.2, 0.25) is 0 Å². The molecule has 1 aliphatic heterocycles. The van der Waals surface area contributed by atoms with Crippen LogP contribution in [0.4, 0.5) is 0 Å². The van der Waals surface area contributed by atoms with Gasteiger partial charge in [-0.05, 0) is 6.04 Å². The molecule has 2 N–H and O–H groups in total. The highest BCUT2D eigenvalue weighted by Gasteiger charge is 2.30. The molecule has 0 aromatic carbocycles. The summed E-state index contributed by atoms with van der Waals surface area (Å²) in [5.74, 6) is 0. The van der Waals surface area contributed by atoms with Gasteiger partial charge < -0.3 is 9.59 Å². The van der Waals surface area contributed by atoms with Crippen molar-refractivity contribution in [2.45, 2.75) is 24.9 Å². The monoisotopic (exact) mass is 146 g/mol. The zero-order chi connectivity index (χ0) is 6.04.